The molecule has 1 aromatic carbocycles. The summed E-state index contributed by atoms with van der Waals surface area (Å²) >= 11 is 3.08. The lowest BCUT2D eigenvalue weighted by Gasteiger charge is -2.20. The molecule has 0 bridgehead atoms. The molecule has 0 aliphatic heterocycles. The topological polar surface area (TPSA) is 0 Å². The first-order valence-electron chi connectivity index (χ1n) is 5.41. The zero-order valence-corrected chi connectivity index (χ0v) is 11.7. The second-order valence-corrected chi connectivity index (χ2v) is 6.26. The smallest absolute Gasteiger partial charge is 0.171 e. The molecule has 0 saturated heterocycles. The summed E-state index contributed by atoms with van der Waals surface area (Å²) < 4.78 is 36.7. The molecule has 0 radical (unpaired) electrons. The Bertz CT molecular complexity index is 360. The Morgan fingerprint density at radius 3 is 1.88 bits per heavy atom. The van der Waals surface area contributed by atoms with Crippen LogP contribution in [0.5, 0.6) is 0 Å². The van der Waals surface area contributed by atoms with Gasteiger partial charge in [-0.2, -0.15) is 13.2 Å². The fraction of sp³-hybridized carbons (Fsp3) is 0.538. The van der Waals surface area contributed by atoms with Gasteiger partial charge in [-0.3, -0.25) is 0 Å². The number of halogens is 4. The molecule has 0 fully saturated rings. The third-order valence-corrected chi connectivity index (χ3v) is 3.40. The van der Waals surface area contributed by atoms with Gasteiger partial charge in [0.1, 0.15) is 0 Å². The highest BCUT2D eigenvalue weighted by Gasteiger charge is 2.31. The van der Waals surface area contributed by atoms with Gasteiger partial charge >= 0.3 is 6.18 Å². The van der Waals surface area contributed by atoms with Crippen LogP contribution in [-0.2, 0) is 5.41 Å². The van der Waals surface area contributed by atoms with Crippen molar-refractivity contribution in [2.75, 3.05) is 0 Å². The molecule has 17 heavy (non-hydrogen) atoms. The van der Waals surface area contributed by atoms with Gasteiger partial charge < -0.3 is 0 Å². The van der Waals surface area contributed by atoms with Crippen molar-refractivity contribution in [2.45, 2.75) is 43.6 Å². The molecule has 0 N–H and O–H groups in total. The van der Waals surface area contributed by atoms with E-state index in [4.69, 9.17) is 0 Å². The zero-order valence-electron chi connectivity index (χ0n) is 10.1. The molecule has 0 aliphatic carbocycles. The molecular weight excluding hydrogens is 293 g/mol. The Balaban J connectivity index is 2.81. The van der Waals surface area contributed by atoms with Gasteiger partial charge in [0.15, 0.2) is 0 Å². The van der Waals surface area contributed by atoms with Crippen LogP contribution in [0.3, 0.4) is 0 Å². The maximum atomic E-state index is 12.2. The Labute approximate surface area is 108 Å². The molecule has 96 valence electrons. The molecule has 0 saturated carbocycles. The molecular formula is C13H16BrF3. The molecule has 0 amide bonds. The summed E-state index contributed by atoms with van der Waals surface area (Å²) in [5, 5.41) is 0. The summed E-state index contributed by atoms with van der Waals surface area (Å²) in [4.78, 5) is -0.670. The average molecular weight is 309 g/mol. The minimum Gasteiger partial charge on any atom is -0.171 e. The maximum absolute atomic E-state index is 12.2. The monoisotopic (exact) mass is 308 g/mol. The van der Waals surface area contributed by atoms with Crippen molar-refractivity contribution in [3.8, 4) is 0 Å². The van der Waals surface area contributed by atoms with Gasteiger partial charge in [-0.15, -0.1) is 0 Å². The van der Waals surface area contributed by atoms with Crippen LogP contribution in [0.15, 0.2) is 24.3 Å². The number of hydrogen-bond acceptors (Lipinski definition) is 0. The molecule has 1 aromatic rings. The Hall–Kier alpha value is -0.510. The van der Waals surface area contributed by atoms with Crippen LogP contribution in [0.25, 0.3) is 0 Å². The van der Waals surface area contributed by atoms with E-state index in [1.165, 1.54) is 0 Å². The molecule has 0 nitrogen and oxygen atoms in total. The van der Waals surface area contributed by atoms with Crippen molar-refractivity contribution in [1.82, 2.24) is 0 Å². The van der Waals surface area contributed by atoms with Crippen molar-refractivity contribution in [1.29, 1.82) is 0 Å². The molecule has 1 atom stereocenters. The standard InChI is InChI=1S/C13H16BrF3/c1-12(2,3)10-6-4-9(5-7-10)11(14)8-13(15,16)17/h4-7,11H,8H2,1-3H3. The van der Waals surface area contributed by atoms with Gasteiger partial charge in [0.2, 0.25) is 0 Å². The lowest BCUT2D eigenvalue weighted by atomic mass is 9.86. The minimum atomic E-state index is -4.14. The molecule has 0 aliphatic rings. The quantitative estimate of drug-likeness (QED) is 0.644. The summed E-state index contributed by atoms with van der Waals surface area (Å²) in [6.45, 7) is 6.22. The van der Waals surface area contributed by atoms with E-state index in [0.29, 0.717) is 5.56 Å². The van der Waals surface area contributed by atoms with Crippen LogP contribution in [0, 0.1) is 0 Å². The van der Waals surface area contributed by atoms with Crippen molar-refractivity contribution >= 4 is 15.9 Å². The first-order chi connectivity index (χ1) is 7.59. The summed E-state index contributed by atoms with van der Waals surface area (Å²) in [6.07, 6.45) is -4.99. The molecule has 4 heteroatoms. The highest BCUT2D eigenvalue weighted by molar-refractivity contribution is 9.09. The number of rotatable bonds is 2. The lowest BCUT2D eigenvalue weighted by Crippen LogP contribution is -2.12. The molecule has 1 unspecified atom stereocenters. The fourth-order valence-electron chi connectivity index (χ4n) is 1.51. The van der Waals surface area contributed by atoms with E-state index in [2.05, 4.69) is 36.7 Å². The number of alkyl halides is 4. The van der Waals surface area contributed by atoms with Crippen LogP contribution in [0.4, 0.5) is 13.2 Å². The van der Waals surface area contributed by atoms with Crippen molar-refractivity contribution in [3.05, 3.63) is 35.4 Å². The van der Waals surface area contributed by atoms with Crippen molar-refractivity contribution < 1.29 is 13.2 Å². The van der Waals surface area contributed by atoms with E-state index in [0.717, 1.165) is 5.56 Å². The molecule has 1 rings (SSSR count). The Kier molecular flexibility index (Phi) is 4.28. The predicted molar refractivity (Wildman–Crippen MR) is 67.5 cm³/mol. The van der Waals surface area contributed by atoms with E-state index >= 15 is 0 Å². The van der Waals surface area contributed by atoms with Crippen molar-refractivity contribution in [3.63, 3.8) is 0 Å². The van der Waals surface area contributed by atoms with Crippen LogP contribution in [0.1, 0.15) is 43.1 Å². The number of benzene rings is 1. The van der Waals surface area contributed by atoms with E-state index in [-0.39, 0.29) is 5.41 Å². The minimum absolute atomic E-state index is 0.0182. The molecule has 0 heterocycles. The highest BCUT2D eigenvalue weighted by Crippen LogP contribution is 2.36. The summed E-state index contributed by atoms with van der Waals surface area (Å²) in [5.74, 6) is 0. The Morgan fingerprint density at radius 1 is 1.06 bits per heavy atom. The van der Waals surface area contributed by atoms with Gasteiger partial charge in [-0.05, 0) is 16.5 Å². The maximum Gasteiger partial charge on any atom is 0.390 e. The average Bonchev–Trinajstić information content (AvgIpc) is 2.14. The fourth-order valence-corrected chi connectivity index (χ4v) is 2.19. The summed E-state index contributed by atoms with van der Waals surface area (Å²) in [6, 6.07) is 7.29. The second-order valence-electron chi connectivity index (χ2n) is 5.16. The van der Waals surface area contributed by atoms with Crippen LogP contribution in [0.2, 0.25) is 0 Å². The summed E-state index contributed by atoms with van der Waals surface area (Å²) in [7, 11) is 0. The number of hydrogen-bond donors (Lipinski definition) is 0. The first-order valence-corrected chi connectivity index (χ1v) is 6.32. The zero-order chi connectivity index (χ0) is 13.3. The molecule has 0 spiro atoms. The van der Waals surface area contributed by atoms with Crippen LogP contribution in [-0.4, -0.2) is 6.18 Å². The van der Waals surface area contributed by atoms with Gasteiger partial charge in [0.05, 0.1) is 6.42 Å². The van der Waals surface area contributed by atoms with E-state index < -0.39 is 17.4 Å². The predicted octanol–water partition coefficient (Wildman–Crippen LogP) is 5.37. The second kappa shape index (κ2) is 5.01. The van der Waals surface area contributed by atoms with Gasteiger partial charge in [0.25, 0.3) is 0 Å². The third-order valence-electron chi connectivity index (χ3n) is 2.55. The normalized spacial score (nSPS) is 14.8. The Morgan fingerprint density at radius 2 is 1.53 bits per heavy atom. The van der Waals surface area contributed by atoms with Crippen molar-refractivity contribution in [2.24, 2.45) is 0 Å². The van der Waals surface area contributed by atoms with Gasteiger partial charge in [-0.25, -0.2) is 0 Å². The summed E-state index contributed by atoms with van der Waals surface area (Å²) in [5.41, 5.74) is 1.80. The van der Waals surface area contributed by atoms with Crippen LogP contribution >= 0.6 is 15.9 Å². The van der Waals surface area contributed by atoms with E-state index in [1.54, 1.807) is 12.1 Å². The highest BCUT2D eigenvalue weighted by atomic mass is 79.9. The van der Waals surface area contributed by atoms with Gasteiger partial charge in [0, 0.05) is 4.83 Å². The lowest BCUT2D eigenvalue weighted by molar-refractivity contribution is -0.134. The first kappa shape index (κ1) is 14.6. The van der Waals surface area contributed by atoms with Gasteiger partial charge in [-0.1, -0.05) is 61.0 Å². The van der Waals surface area contributed by atoms with E-state index in [1.807, 2.05) is 12.1 Å². The largest absolute Gasteiger partial charge is 0.390 e. The van der Waals surface area contributed by atoms with E-state index in [9.17, 15) is 13.2 Å². The molecule has 0 aromatic heterocycles. The SMILES string of the molecule is CC(C)(C)c1ccc(C(Br)CC(F)(F)F)cc1. The third kappa shape index (κ3) is 4.70. The van der Waals surface area contributed by atoms with Crippen LogP contribution < -0.4 is 0 Å².